The lowest BCUT2D eigenvalue weighted by Gasteiger charge is -2.13. The summed E-state index contributed by atoms with van der Waals surface area (Å²) in [7, 11) is 0. The smallest absolute Gasteiger partial charge is 0.142 e. The summed E-state index contributed by atoms with van der Waals surface area (Å²) in [5.41, 5.74) is 1.17. The predicted molar refractivity (Wildman–Crippen MR) is 67.3 cm³/mol. The third-order valence-corrected chi connectivity index (χ3v) is 3.34. The number of rotatable bonds is 5. The highest BCUT2D eigenvalue weighted by Gasteiger charge is 2.12. The molecule has 0 fully saturated rings. The van der Waals surface area contributed by atoms with Crippen molar-refractivity contribution in [1.29, 1.82) is 0 Å². The van der Waals surface area contributed by atoms with Crippen molar-refractivity contribution in [3.8, 4) is 0 Å². The molecule has 0 aromatic heterocycles. The van der Waals surface area contributed by atoms with Gasteiger partial charge in [0.2, 0.25) is 0 Å². The molecule has 0 saturated carbocycles. The molecule has 0 radical (unpaired) electrons. The summed E-state index contributed by atoms with van der Waals surface area (Å²) in [6, 6.07) is 10.0. The van der Waals surface area contributed by atoms with Crippen molar-refractivity contribution in [2.75, 3.05) is 5.33 Å². The standard InChI is InChI=1S/C12H16BrNO/c1-12(2,9-13)10-14-15-8-11-6-4-3-5-7-11/h3-7,10H,8-9H2,1-2H3/b14-10+. The maximum atomic E-state index is 5.21. The van der Waals surface area contributed by atoms with Crippen LogP contribution in [0.2, 0.25) is 0 Å². The van der Waals surface area contributed by atoms with Gasteiger partial charge in [-0.25, -0.2) is 0 Å². The molecular formula is C12H16BrNO. The third-order valence-electron chi connectivity index (χ3n) is 1.90. The first-order chi connectivity index (χ1) is 7.14. The van der Waals surface area contributed by atoms with E-state index in [-0.39, 0.29) is 5.41 Å². The summed E-state index contributed by atoms with van der Waals surface area (Å²) in [5.74, 6) is 0. The van der Waals surface area contributed by atoms with Crippen molar-refractivity contribution in [2.24, 2.45) is 10.6 Å². The van der Waals surface area contributed by atoms with Crippen LogP contribution in [-0.4, -0.2) is 11.5 Å². The second kappa shape index (κ2) is 5.91. The van der Waals surface area contributed by atoms with Crippen LogP contribution in [-0.2, 0) is 11.4 Å². The van der Waals surface area contributed by atoms with Gasteiger partial charge in [-0.05, 0) is 5.56 Å². The molecule has 0 atom stereocenters. The summed E-state index contributed by atoms with van der Waals surface area (Å²) in [4.78, 5) is 5.21. The highest BCUT2D eigenvalue weighted by Crippen LogP contribution is 2.14. The average Bonchev–Trinajstić information content (AvgIpc) is 2.26. The summed E-state index contributed by atoms with van der Waals surface area (Å²) in [6.45, 7) is 4.71. The average molecular weight is 270 g/mol. The van der Waals surface area contributed by atoms with E-state index in [1.807, 2.05) is 36.5 Å². The lowest BCUT2D eigenvalue weighted by atomic mass is 9.99. The molecule has 0 bridgehead atoms. The molecule has 0 unspecified atom stereocenters. The Bertz CT molecular complexity index is 309. The van der Waals surface area contributed by atoms with Gasteiger partial charge in [0.1, 0.15) is 6.61 Å². The van der Waals surface area contributed by atoms with Gasteiger partial charge < -0.3 is 4.84 Å². The maximum Gasteiger partial charge on any atom is 0.142 e. The SMILES string of the molecule is CC(C)(/C=N/OCc1ccccc1)CBr. The van der Waals surface area contributed by atoms with Crippen LogP contribution in [0.25, 0.3) is 0 Å². The molecule has 0 amide bonds. The Balaban J connectivity index is 2.34. The zero-order valence-electron chi connectivity index (χ0n) is 9.11. The fourth-order valence-electron chi connectivity index (χ4n) is 0.900. The molecule has 15 heavy (non-hydrogen) atoms. The van der Waals surface area contributed by atoms with E-state index in [4.69, 9.17) is 4.84 Å². The quantitative estimate of drug-likeness (QED) is 0.455. The van der Waals surface area contributed by atoms with E-state index in [1.54, 1.807) is 0 Å². The molecule has 0 N–H and O–H groups in total. The van der Waals surface area contributed by atoms with Crippen molar-refractivity contribution >= 4 is 22.1 Å². The molecule has 0 heterocycles. The molecular weight excluding hydrogens is 254 g/mol. The van der Waals surface area contributed by atoms with Crippen LogP contribution in [0.15, 0.2) is 35.5 Å². The number of oxime groups is 1. The van der Waals surface area contributed by atoms with Gasteiger partial charge in [-0.1, -0.05) is 65.3 Å². The number of benzene rings is 1. The van der Waals surface area contributed by atoms with Gasteiger partial charge in [-0.3, -0.25) is 0 Å². The molecule has 1 aromatic rings. The molecule has 2 nitrogen and oxygen atoms in total. The maximum absolute atomic E-state index is 5.21. The Morgan fingerprint density at radius 1 is 1.33 bits per heavy atom. The van der Waals surface area contributed by atoms with Crippen molar-refractivity contribution in [1.82, 2.24) is 0 Å². The molecule has 1 rings (SSSR count). The lowest BCUT2D eigenvalue weighted by Crippen LogP contribution is -2.14. The second-order valence-corrected chi connectivity index (χ2v) is 4.68. The molecule has 0 aliphatic carbocycles. The van der Waals surface area contributed by atoms with Crippen LogP contribution in [0.3, 0.4) is 0 Å². The van der Waals surface area contributed by atoms with Crippen LogP contribution < -0.4 is 0 Å². The Hall–Kier alpha value is -0.830. The van der Waals surface area contributed by atoms with Gasteiger partial charge in [0.05, 0.1) is 6.21 Å². The van der Waals surface area contributed by atoms with Crippen LogP contribution in [0.5, 0.6) is 0 Å². The highest BCUT2D eigenvalue weighted by atomic mass is 79.9. The van der Waals surface area contributed by atoms with E-state index in [2.05, 4.69) is 34.9 Å². The zero-order chi connectivity index (χ0) is 11.1. The molecule has 0 saturated heterocycles. The van der Waals surface area contributed by atoms with E-state index in [1.165, 1.54) is 0 Å². The number of halogens is 1. The first-order valence-corrected chi connectivity index (χ1v) is 6.02. The number of alkyl halides is 1. The lowest BCUT2D eigenvalue weighted by molar-refractivity contribution is 0.130. The van der Waals surface area contributed by atoms with E-state index in [0.29, 0.717) is 6.61 Å². The summed E-state index contributed by atoms with van der Waals surface area (Å²) >= 11 is 3.42. The first kappa shape index (κ1) is 12.2. The van der Waals surface area contributed by atoms with E-state index >= 15 is 0 Å². The fraction of sp³-hybridized carbons (Fsp3) is 0.417. The second-order valence-electron chi connectivity index (χ2n) is 4.12. The molecule has 0 aliphatic heterocycles. The molecule has 0 aliphatic rings. The summed E-state index contributed by atoms with van der Waals surface area (Å²) in [5, 5.41) is 4.83. The number of nitrogens with zero attached hydrogens (tertiary/aromatic N) is 1. The molecule has 1 aromatic carbocycles. The van der Waals surface area contributed by atoms with Crippen LogP contribution in [0.4, 0.5) is 0 Å². The van der Waals surface area contributed by atoms with Gasteiger partial charge in [-0.15, -0.1) is 0 Å². The van der Waals surface area contributed by atoms with E-state index in [0.717, 1.165) is 10.9 Å². The van der Waals surface area contributed by atoms with Gasteiger partial charge in [0.15, 0.2) is 0 Å². The van der Waals surface area contributed by atoms with Crippen LogP contribution in [0, 0.1) is 5.41 Å². The molecule has 0 spiro atoms. The Kier molecular flexibility index (Phi) is 4.82. The minimum atomic E-state index is 0.0384. The fourth-order valence-corrected chi connectivity index (χ4v) is 1.05. The third kappa shape index (κ3) is 4.98. The first-order valence-electron chi connectivity index (χ1n) is 4.90. The monoisotopic (exact) mass is 269 g/mol. The Morgan fingerprint density at radius 2 is 2.00 bits per heavy atom. The Morgan fingerprint density at radius 3 is 2.60 bits per heavy atom. The Labute approximate surface area is 99.5 Å². The van der Waals surface area contributed by atoms with Crippen LogP contribution in [0.1, 0.15) is 19.4 Å². The number of hydrogen-bond acceptors (Lipinski definition) is 2. The van der Waals surface area contributed by atoms with Crippen molar-refractivity contribution < 1.29 is 4.84 Å². The van der Waals surface area contributed by atoms with Crippen molar-refractivity contribution in [3.63, 3.8) is 0 Å². The van der Waals surface area contributed by atoms with Gasteiger partial charge in [0, 0.05) is 10.7 Å². The van der Waals surface area contributed by atoms with Gasteiger partial charge in [0.25, 0.3) is 0 Å². The van der Waals surface area contributed by atoms with E-state index in [9.17, 15) is 0 Å². The topological polar surface area (TPSA) is 21.6 Å². The van der Waals surface area contributed by atoms with Gasteiger partial charge in [-0.2, -0.15) is 0 Å². The largest absolute Gasteiger partial charge is 0.391 e. The zero-order valence-corrected chi connectivity index (χ0v) is 10.7. The van der Waals surface area contributed by atoms with E-state index < -0.39 is 0 Å². The molecule has 82 valence electrons. The number of hydrogen-bond donors (Lipinski definition) is 0. The minimum absolute atomic E-state index is 0.0384. The van der Waals surface area contributed by atoms with Crippen molar-refractivity contribution in [2.45, 2.75) is 20.5 Å². The molecule has 3 heteroatoms. The van der Waals surface area contributed by atoms with Crippen molar-refractivity contribution in [3.05, 3.63) is 35.9 Å². The highest BCUT2D eigenvalue weighted by molar-refractivity contribution is 9.09. The van der Waals surface area contributed by atoms with Crippen LogP contribution >= 0.6 is 15.9 Å². The van der Waals surface area contributed by atoms with Gasteiger partial charge >= 0.3 is 0 Å². The predicted octanol–water partition coefficient (Wildman–Crippen LogP) is 3.61. The summed E-state index contributed by atoms with van der Waals surface area (Å²) in [6.07, 6.45) is 1.82. The minimum Gasteiger partial charge on any atom is -0.391 e. The summed E-state index contributed by atoms with van der Waals surface area (Å²) < 4.78 is 0. The normalized spacial score (nSPS) is 11.9.